The summed E-state index contributed by atoms with van der Waals surface area (Å²) in [5.41, 5.74) is 0.702. The van der Waals surface area contributed by atoms with Gasteiger partial charge in [0.25, 0.3) is 0 Å². The molecule has 4 heteroatoms. The average molecular weight is 307 g/mol. The fourth-order valence-electron chi connectivity index (χ4n) is 3.73. The highest BCUT2D eigenvalue weighted by molar-refractivity contribution is 6.30. The van der Waals surface area contributed by atoms with Crippen LogP contribution < -0.4 is 10.6 Å². The van der Waals surface area contributed by atoms with E-state index >= 15 is 0 Å². The Balaban J connectivity index is 1.75. The zero-order valence-corrected chi connectivity index (χ0v) is 13.1. The highest BCUT2D eigenvalue weighted by Gasteiger charge is 2.42. The van der Waals surface area contributed by atoms with Crippen molar-refractivity contribution in [3.8, 4) is 0 Å². The molecule has 114 valence electrons. The van der Waals surface area contributed by atoms with Crippen LogP contribution in [0, 0.1) is 0 Å². The van der Waals surface area contributed by atoms with Crippen molar-refractivity contribution in [2.45, 2.75) is 50.0 Å². The van der Waals surface area contributed by atoms with Gasteiger partial charge in [-0.25, -0.2) is 0 Å². The summed E-state index contributed by atoms with van der Waals surface area (Å²) in [5, 5.41) is 7.32. The molecule has 3 rings (SSSR count). The van der Waals surface area contributed by atoms with Crippen LogP contribution in [0.5, 0.6) is 0 Å². The van der Waals surface area contributed by atoms with Crippen LogP contribution in [-0.4, -0.2) is 25.0 Å². The van der Waals surface area contributed by atoms with Crippen LogP contribution in [0.1, 0.15) is 44.1 Å². The minimum atomic E-state index is -0.372. The van der Waals surface area contributed by atoms with E-state index < -0.39 is 0 Å². The highest BCUT2D eigenvalue weighted by Crippen LogP contribution is 2.42. The van der Waals surface area contributed by atoms with Crippen LogP contribution in [0.15, 0.2) is 24.3 Å². The Hall–Kier alpha value is -1.06. The lowest BCUT2D eigenvalue weighted by molar-refractivity contribution is -0.126. The van der Waals surface area contributed by atoms with E-state index in [9.17, 15) is 4.79 Å². The van der Waals surface area contributed by atoms with Crippen molar-refractivity contribution in [2.24, 2.45) is 0 Å². The van der Waals surface area contributed by atoms with Crippen LogP contribution in [0.2, 0.25) is 5.02 Å². The zero-order valence-electron chi connectivity index (χ0n) is 12.3. The normalized spacial score (nSPS) is 24.1. The van der Waals surface area contributed by atoms with E-state index in [1.807, 2.05) is 24.3 Å². The molecule has 1 amide bonds. The van der Waals surface area contributed by atoms with Gasteiger partial charge in [0.15, 0.2) is 0 Å². The molecule has 0 spiro atoms. The predicted octanol–water partition coefficient (Wildman–Crippen LogP) is 3.02. The molecule has 1 aromatic carbocycles. The van der Waals surface area contributed by atoms with Crippen molar-refractivity contribution in [1.29, 1.82) is 0 Å². The monoisotopic (exact) mass is 306 g/mol. The summed E-state index contributed by atoms with van der Waals surface area (Å²) in [6, 6.07) is 8.26. The molecule has 0 bridgehead atoms. The van der Waals surface area contributed by atoms with Crippen molar-refractivity contribution in [3.63, 3.8) is 0 Å². The van der Waals surface area contributed by atoms with E-state index in [1.165, 1.54) is 6.42 Å². The lowest BCUT2D eigenvalue weighted by atomic mass is 9.78. The minimum absolute atomic E-state index is 0.177. The van der Waals surface area contributed by atoms with Gasteiger partial charge in [-0.05, 0) is 49.9 Å². The summed E-state index contributed by atoms with van der Waals surface area (Å²) < 4.78 is 0. The lowest BCUT2D eigenvalue weighted by Gasteiger charge is -2.29. The van der Waals surface area contributed by atoms with Gasteiger partial charge >= 0.3 is 0 Å². The molecule has 2 fully saturated rings. The molecule has 1 heterocycles. The summed E-state index contributed by atoms with van der Waals surface area (Å²) in [4.78, 5) is 12.9. The van der Waals surface area contributed by atoms with Crippen LogP contribution >= 0.6 is 11.6 Å². The van der Waals surface area contributed by atoms with Gasteiger partial charge in [-0.3, -0.25) is 4.79 Å². The topological polar surface area (TPSA) is 41.1 Å². The molecular weight excluding hydrogens is 284 g/mol. The van der Waals surface area contributed by atoms with E-state index in [-0.39, 0.29) is 11.3 Å². The molecule has 21 heavy (non-hydrogen) atoms. The number of rotatable bonds is 4. The fraction of sp³-hybridized carbons (Fsp3) is 0.588. The third kappa shape index (κ3) is 3.09. The number of carbonyl (C=O) groups is 1. The largest absolute Gasteiger partial charge is 0.354 e. The summed E-state index contributed by atoms with van der Waals surface area (Å²) in [6.45, 7) is 1.81. The molecule has 1 aliphatic carbocycles. The fourth-order valence-corrected chi connectivity index (χ4v) is 3.92. The number of benzene rings is 1. The number of halogens is 1. The van der Waals surface area contributed by atoms with Gasteiger partial charge in [0.1, 0.15) is 0 Å². The predicted molar refractivity (Wildman–Crippen MR) is 85.6 cm³/mol. The minimum Gasteiger partial charge on any atom is -0.354 e. The molecule has 1 atom stereocenters. The van der Waals surface area contributed by atoms with Gasteiger partial charge in [-0.2, -0.15) is 0 Å². The second-order valence-corrected chi connectivity index (χ2v) is 6.74. The Morgan fingerprint density at radius 2 is 2.14 bits per heavy atom. The Morgan fingerprint density at radius 1 is 1.33 bits per heavy atom. The molecule has 2 aliphatic rings. The molecule has 1 aromatic rings. The maximum Gasteiger partial charge on any atom is 0.230 e. The molecule has 2 N–H and O–H groups in total. The standard InChI is InChI=1S/C17H23ClN2O/c18-14-6-3-5-13(11-14)17(8-1-2-9-17)16(21)20-12-15-7-4-10-19-15/h3,5-6,11,15,19H,1-2,4,7-10,12H2,(H,20,21). The second-order valence-electron chi connectivity index (χ2n) is 6.30. The van der Waals surface area contributed by atoms with Crippen LogP contribution in [0.25, 0.3) is 0 Å². The highest BCUT2D eigenvalue weighted by atomic mass is 35.5. The van der Waals surface area contributed by atoms with Crippen LogP contribution in [-0.2, 0) is 10.2 Å². The number of hydrogen-bond donors (Lipinski definition) is 2. The first kappa shape index (κ1) is 14.9. The first-order chi connectivity index (χ1) is 10.2. The van der Waals surface area contributed by atoms with Crippen molar-refractivity contribution in [1.82, 2.24) is 10.6 Å². The van der Waals surface area contributed by atoms with Crippen molar-refractivity contribution in [3.05, 3.63) is 34.9 Å². The van der Waals surface area contributed by atoms with Crippen molar-refractivity contribution < 1.29 is 4.79 Å². The molecule has 0 aromatic heterocycles. The molecule has 1 saturated heterocycles. The molecular formula is C17H23ClN2O. The molecule has 1 aliphatic heterocycles. The van der Waals surface area contributed by atoms with Gasteiger partial charge < -0.3 is 10.6 Å². The maximum atomic E-state index is 12.9. The Morgan fingerprint density at radius 3 is 2.81 bits per heavy atom. The Labute approximate surface area is 131 Å². The summed E-state index contributed by atoms with van der Waals surface area (Å²) in [5.74, 6) is 0.177. The quantitative estimate of drug-likeness (QED) is 0.898. The Bertz CT molecular complexity index is 505. The van der Waals surface area contributed by atoms with E-state index in [0.717, 1.165) is 50.8 Å². The number of carbonyl (C=O) groups excluding carboxylic acids is 1. The van der Waals surface area contributed by atoms with Gasteiger partial charge in [-0.1, -0.05) is 36.6 Å². The molecule has 1 unspecified atom stereocenters. The van der Waals surface area contributed by atoms with E-state index in [2.05, 4.69) is 10.6 Å². The maximum absolute atomic E-state index is 12.9. The first-order valence-electron chi connectivity index (χ1n) is 7.98. The van der Waals surface area contributed by atoms with E-state index in [1.54, 1.807) is 0 Å². The molecule has 1 saturated carbocycles. The lowest BCUT2D eigenvalue weighted by Crippen LogP contribution is -2.46. The summed E-state index contributed by atoms with van der Waals surface area (Å²) in [7, 11) is 0. The SMILES string of the molecule is O=C(NCC1CCCN1)C1(c2cccc(Cl)c2)CCCC1. The zero-order chi connectivity index (χ0) is 14.7. The van der Waals surface area contributed by atoms with Crippen LogP contribution in [0.3, 0.4) is 0 Å². The molecule has 3 nitrogen and oxygen atoms in total. The average Bonchev–Trinajstić information content (AvgIpc) is 3.17. The third-order valence-corrected chi connectivity index (χ3v) is 5.18. The third-order valence-electron chi connectivity index (χ3n) is 4.94. The van der Waals surface area contributed by atoms with E-state index in [4.69, 9.17) is 11.6 Å². The van der Waals surface area contributed by atoms with Gasteiger partial charge in [0.2, 0.25) is 5.91 Å². The summed E-state index contributed by atoms with van der Waals surface area (Å²) in [6.07, 6.45) is 6.45. The molecule has 0 radical (unpaired) electrons. The second kappa shape index (κ2) is 6.37. The van der Waals surface area contributed by atoms with E-state index in [0.29, 0.717) is 11.1 Å². The van der Waals surface area contributed by atoms with Crippen molar-refractivity contribution in [2.75, 3.05) is 13.1 Å². The van der Waals surface area contributed by atoms with Crippen LogP contribution in [0.4, 0.5) is 0 Å². The van der Waals surface area contributed by atoms with Crippen molar-refractivity contribution >= 4 is 17.5 Å². The number of hydrogen-bond acceptors (Lipinski definition) is 2. The van der Waals surface area contributed by atoms with Gasteiger partial charge in [0, 0.05) is 17.6 Å². The van der Waals surface area contributed by atoms with Gasteiger partial charge in [0.05, 0.1) is 5.41 Å². The summed E-state index contributed by atoms with van der Waals surface area (Å²) >= 11 is 6.13. The first-order valence-corrected chi connectivity index (χ1v) is 8.36. The number of nitrogens with one attached hydrogen (secondary N) is 2. The number of amides is 1. The Kier molecular flexibility index (Phi) is 4.51. The smallest absolute Gasteiger partial charge is 0.230 e. The van der Waals surface area contributed by atoms with Gasteiger partial charge in [-0.15, -0.1) is 0 Å².